The summed E-state index contributed by atoms with van der Waals surface area (Å²) < 4.78 is 0. The normalized spacial score (nSPS) is 9.06. The van der Waals surface area contributed by atoms with Crippen molar-refractivity contribution in [2.45, 2.75) is 0 Å². The Morgan fingerprint density at radius 2 is 1.88 bits per heavy atom. The van der Waals surface area contributed by atoms with Crippen LogP contribution in [-0.2, 0) is 0 Å². The molecule has 0 spiro atoms. The Kier molecular flexibility index (Phi) is 3.64. The first-order valence-electron chi connectivity index (χ1n) is 4.26. The maximum atomic E-state index is 10.8. The van der Waals surface area contributed by atoms with Crippen LogP contribution >= 0.6 is 0 Å². The fourth-order valence-electron chi connectivity index (χ4n) is 1.10. The highest BCUT2D eigenvalue weighted by Gasteiger charge is 2.11. The monoisotopic (exact) mass is 220 g/mol. The molecule has 0 aliphatic rings. The van der Waals surface area contributed by atoms with Gasteiger partial charge in [-0.05, 0) is 18.2 Å². The fourth-order valence-corrected chi connectivity index (χ4v) is 1.10. The summed E-state index contributed by atoms with van der Waals surface area (Å²) in [6.07, 6.45) is 0. The molecule has 5 heteroatoms. The lowest BCUT2D eigenvalue weighted by Gasteiger charge is -2.00. The van der Waals surface area contributed by atoms with Crippen molar-refractivity contribution in [3.63, 3.8) is 0 Å². The van der Waals surface area contributed by atoms with Crippen LogP contribution in [0.4, 0.5) is 0 Å². The zero-order valence-corrected chi connectivity index (χ0v) is 8.10. The number of hydrogen-bond acceptors (Lipinski definition) is 3. The summed E-state index contributed by atoms with van der Waals surface area (Å²) in [5, 5.41) is 26.0. The molecule has 0 unspecified atom stereocenters. The maximum absolute atomic E-state index is 10.8. The smallest absolute Gasteiger partial charge is 0.336 e. The summed E-state index contributed by atoms with van der Waals surface area (Å²) in [6.45, 7) is -0.420. The van der Waals surface area contributed by atoms with E-state index in [9.17, 15) is 9.59 Å². The zero-order chi connectivity index (χ0) is 12.1. The van der Waals surface area contributed by atoms with Crippen LogP contribution < -0.4 is 0 Å². The number of aliphatic hydroxyl groups is 1. The van der Waals surface area contributed by atoms with Gasteiger partial charge in [0.2, 0.25) is 0 Å². The molecule has 0 aromatic heterocycles. The van der Waals surface area contributed by atoms with Crippen LogP contribution in [0, 0.1) is 11.8 Å². The van der Waals surface area contributed by atoms with Crippen molar-refractivity contribution in [3.05, 3.63) is 34.9 Å². The third-order valence-corrected chi connectivity index (χ3v) is 1.80. The van der Waals surface area contributed by atoms with E-state index in [-0.39, 0.29) is 16.7 Å². The van der Waals surface area contributed by atoms with Crippen LogP contribution in [0.2, 0.25) is 0 Å². The van der Waals surface area contributed by atoms with Crippen LogP contribution in [-0.4, -0.2) is 33.9 Å². The maximum Gasteiger partial charge on any atom is 0.336 e. The summed E-state index contributed by atoms with van der Waals surface area (Å²) >= 11 is 0. The van der Waals surface area contributed by atoms with Crippen molar-refractivity contribution in [2.75, 3.05) is 6.61 Å². The number of carbonyl (C=O) groups is 2. The van der Waals surface area contributed by atoms with Crippen molar-refractivity contribution in [1.82, 2.24) is 0 Å². The van der Waals surface area contributed by atoms with E-state index in [2.05, 4.69) is 11.8 Å². The predicted octanol–water partition coefficient (Wildman–Crippen LogP) is 0.427. The summed E-state index contributed by atoms with van der Waals surface area (Å²) in [4.78, 5) is 21.5. The molecule has 5 nitrogen and oxygen atoms in total. The highest BCUT2D eigenvalue weighted by atomic mass is 16.4. The second-order valence-corrected chi connectivity index (χ2v) is 2.83. The van der Waals surface area contributed by atoms with Gasteiger partial charge in [0, 0.05) is 5.56 Å². The number of hydrogen-bond donors (Lipinski definition) is 3. The van der Waals surface area contributed by atoms with Crippen molar-refractivity contribution >= 4 is 11.9 Å². The van der Waals surface area contributed by atoms with Gasteiger partial charge < -0.3 is 15.3 Å². The van der Waals surface area contributed by atoms with Crippen LogP contribution in [0.5, 0.6) is 0 Å². The van der Waals surface area contributed by atoms with Gasteiger partial charge in [0.05, 0.1) is 11.1 Å². The lowest BCUT2D eigenvalue weighted by atomic mass is 10.0. The first-order valence-corrected chi connectivity index (χ1v) is 4.26. The van der Waals surface area contributed by atoms with Crippen LogP contribution in [0.15, 0.2) is 18.2 Å². The van der Waals surface area contributed by atoms with E-state index in [1.807, 2.05) is 0 Å². The Bertz CT molecular complexity index is 493. The van der Waals surface area contributed by atoms with Gasteiger partial charge in [0.1, 0.15) is 6.61 Å². The standard InChI is InChI=1S/C11H8O5/c12-5-1-2-7-6-8(10(13)14)3-4-9(7)11(15)16/h3-4,6,12H,5H2,(H,13,14)(H,15,16). The molecular weight excluding hydrogens is 212 g/mol. The predicted molar refractivity (Wildman–Crippen MR) is 54.3 cm³/mol. The van der Waals surface area contributed by atoms with E-state index in [4.69, 9.17) is 15.3 Å². The van der Waals surface area contributed by atoms with Gasteiger partial charge in [-0.2, -0.15) is 0 Å². The first kappa shape index (κ1) is 11.8. The minimum atomic E-state index is -1.20. The molecule has 1 aromatic rings. The molecule has 0 bridgehead atoms. The zero-order valence-electron chi connectivity index (χ0n) is 8.10. The molecule has 0 fully saturated rings. The van der Waals surface area contributed by atoms with Crippen molar-refractivity contribution in [1.29, 1.82) is 0 Å². The minimum Gasteiger partial charge on any atom is -0.478 e. The second-order valence-electron chi connectivity index (χ2n) is 2.83. The molecular formula is C11H8O5. The quantitative estimate of drug-likeness (QED) is 0.628. The third kappa shape index (κ3) is 2.59. The number of aromatic carboxylic acids is 2. The number of carboxylic acid groups (broad SMARTS) is 2. The third-order valence-electron chi connectivity index (χ3n) is 1.80. The van der Waals surface area contributed by atoms with Gasteiger partial charge >= 0.3 is 11.9 Å². The molecule has 0 amide bonds. The van der Waals surface area contributed by atoms with Crippen molar-refractivity contribution in [2.24, 2.45) is 0 Å². The van der Waals surface area contributed by atoms with E-state index in [0.29, 0.717) is 0 Å². The van der Waals surface area contributed by atoms with E-state index in [1.54, 1.807) is 0 Å². The molecule has 0 heterocycles. The molecule has 0 saturated carbocycles. The Balaban J connectivity index is 3.32. The van der Waals surface area contributed by atoms with Gasteiger partial charge in [-0.1, -0.05) is 11.8 Å². The second kappa shape index (κ2) is 4.96. The van der Waals surface area contributed by atoms with Crippen LogP contribution in [0.1, 0.15) is 26.3 Å². The minimum absolute atomic E-state index is 0.0489. The van der Waals surface area contributed by atoms with E-state index in [1.165, 1.54) is 12.1 Å². The average molecular weight is 220 g/mol. The molecule has 0 saturated heterocycles. The topological polar surface area (TPSA) is 94.8 Å². The van der Waals surface area contributed by atoms with Gasteiger partial charge in [-0.25, -0.2) is 9.59 Å². The van der Waals surface area contributed by atoms with E-state index >= 15 is 0 Å². The molecule has 0 aliphatic heterocycles. The Labute approximate surface area is 91.0 Å². The molecule has 82 valence electrons. The van der Waals surface area contributed by atoms with Gasteiger partial charge in [-0.3, -0.25) is 0 Å². The molecule has 3 N–H and O–H groups in total. The largest absolute Gasteiger partial charge is 0.478 e. The van der Waals surface area contributed by atoms with E-state index in [0.717, 1.165) is 6.07 Å². The van der Waals surface area contributed by atoms with Gasteiger partial charge in [0.25, 0.3) is 0 Å². The number of benzene rings is 1. The molecule has 0 atom stereocenters. The molecule has 0 aliphatic carbocycles. The average Bonchev–Trinajstić information content (AvgIpc) is 2.25. The Morgan fingerprint density at radius 1 is 1.19 bits per heavy atom. The van der Waals surface area contributed by atoms with Crippen molar-refractivity contribution < 1.29 is 24.9 Å². The van der Waals surface area contributed by atoms with E-state index < -0.39 is 18.5 Å². The highest BCUT2D eigenvalue weighted by Crippen LogP contribution is 2.11. The molecule has 0 radical (unpaired) electrons. The van der Waals surface area contributed by atoms with Crippen molar-refractivity contribution in [3.8, 4) is 11.8 Å². The SMILES string of the molecule is O=C(O)c1ccc(C(=O)O)c(C#CCO)c1. The fraction of sp³-hybridized carbons (Fsp3) is 0.0909. The first-order chi connectivity index (χ1) is 7.56. The Hall–Kier alpha value is -2.32. The Morgan fingerprint density at radius 3 is 2.38 bits per heavy atom. The lowest BCUT2D eigenvalue weighted by molar-refractivity contribution is 0.0681. The summed E-state index contributed by atoms with van der Waals surface area (Å²) in [5.74, 6) is 2.31. The summed E-state index contributed by atoms with van der Waals surface area (Å²) in [5.41, 5.74) is -0.0698. The van der Waals surface area contributed by atoms with Crippen LogP contribution in [0.3, 0.4) is 0 Å². The number of carboxylic acids is 2. The number of rotatable bonds is 2. The molecule has 16 heavy (non-hydrogen) atoms. The highest BCUT2D eigenvalue weighted by molar-refractivity contribution is 5.94. The van der Waals surface area contributed by atoms with Gasteiger partial charge in [0.15, 0.2) is 0 Å². The lowest BCUT2D eigenvalue weighted by Crippen LogP contribution is -2.04. The van der Waals surface area contributed by atoms with Gasteiger partial charge in [-0.15, -0.1) is 0 Å². The molecule has 1 aromatic carbocycles. The molecule has 1 rings (SSSR count). The summed E-state index contributed by atoms with van der Waals surface area (Å²) in [7, 11) is 0. The summed E-state index contributed by atoms with van der Waals surface area (Å²) in [6, 6.07) is 3.53. The van der Waals surface area contributed by atoms with Crippen LogP contribution in [0.25, 0.3) is 0 Å². The number of aliphatic hydroxyl groups excluding tert-OH is 1.